The van der Waals surface area contributed by atoms with E-state index in [1.54, 1.807) is 29.2 Å². The van der Waals surface area contributed by atoms with E-state index in [1.807, 2.05) is 6.07 Å². The van der Waals surface area contributed by atoms with Crippen molar-refractivity contribution in [2.45, 2.75) is 25.9 Å². The molecule has 1 aliphatic heterocycles. The molecule has 28 heavy (non-hydrogen) atoms. The fourth-order valence-electron chi connectivity index (χ4n) is 3.07. The van der Waals surface area contributed by atoms with Crippen molar-refractivity contribution in [3.8, 4) is 0 Å². The summed E-state index contributed by atoms with van der Waals surface area (Å²) in [6.07, 6.45) is 0.940. The highest BCUT2D eigenvalue weighted by molar-refractivity contribution is 5.94. The predicted octanol–water partition coefficient (Wildman–Crippen LogP) is 3.51. The van der Waals surface area contributed by atoms with Crippen LogP contribution in [0.2, 0.25) is 0 Å². The summed E-state index contributed by atoms with van der Waals surface area (Å²) in [5.41, 5.74) is 0.711. The Kier molecular flexibility index (Phi) is 5.88. The van der Waals surface area contributed by atoms with E-state index in [0.29, 0.717) is 18.8 Å². The van der Waals surface area contributed by atoms with Gasteiger partial charge in [-0.05, 0) is 44.0 Å². The minimum Gasteiger partial charge on any atom is -0.449 e. The number of nitro groups is 1. The van der Waals surface area contributed by atoms with Gasteiger partial charge >= 0.3 is 5.97 Å². The summed E-state index contributed by atoms with van der Waals surface area (Å²) in [5, 5.41) is 14.4. The lowest BCUT2D eigenvalue weighted by atomic mass is 10.1. The Morgan fingerprint density at radius 1 is 1.14 bits per heavy atom. The van der Waals surface area contributed by atoms with Crippen LogP contribution in [0.1, 0.15) is 30.1 Å². The molecule has 0 unspecified atom stereocenters. The van der Waals surface area contributed by atoms with Gasteiger partial charge in [-0.3, -0.25) is 14.9 Å². The summed E-state index contributed by atoms with van der Waals surface area (Å²) in [4.78, 5) is 37.2. The topological polar surface area (TPSA) is 102 Å². The van der Waals surface area contributed by atoms with Gasteiger partial charge in [-0.25, -0.2) is 4.79 Å². The number of carbonyl (C=O) groups is 2. The van der Waals surface area contributed by atoms with E-state index >= 15 is 0 Å². The van der Waals surface area contributed by atoms with Gasteiger partial charge < -0.3 is 15.0 Å². The normalized spacial score (nSPS) is 14.4. The number of nitrogens with zero attached hydrogens (tertiary/aromatic N) is 2. The van der Waals surface area contributed by atoms with Crippen molar-refractivity contribution >= 4 is 28.9 Å². The average Bonchev–Trinajstić information content (AvgIpc) is 3.23. The Bertz CT molecular complexity index is 879. The second kappa shape index (κ2) is 8.51. The number of ether oxygens (including phenoxy) is 1. The molecule has 1 N–H and O–H groups in total. The lowest BCUT2D eigenvalue weighted by Gasteiger charge is -2.20. The highest BCUT2D eigenvalue weighted by Crippen LogP contribution is 2.29. The van der Waals surface area contributed by atoms with Crippen molar-refractivity contribution < 1.29 is 19.2 Å². The molecule has 2 aromatic carbocycles. The molecule has 0 spiro atoms. The molecular weight excluding hydrogens is 362 g/mol. The molecule has 8 nitrogen and oxygen atoms in total. The van der Waals surface area contributed by atoms with Crippen molar-refractivity contribution in [3.63, 3.8) is 0 Å². The zero-order chi connectivity index (χ0) is 20.1. The molecule has 1 saturated heterocycles. The van der Waals surface area contributed by atoms with Gasteiger partial charge in [0.25, 0.3) is 11.6 Å². The number of hydrogen-bond acceptors (Lipinski definition) is 6. The highest BCUT2D eigenvalue weighted by Gasteiger charge is 2.27. The summed E-state index contributed by atoms with van der Waals surface area (Å²) < 4.78 is 5.23. The van der Waals surface area contributed by atoms with Gasteiger partial charge in [0, 0.05) is 24.8 Å². The first kappa shape index (κ1) is 19.3. The molecule has 0 saturated carbocycles. The van der Waals surface area contributed by atoms with E-state index in [4.69, 9.17) is 4.74 Å². The number of nitrogens with one attached hydrogen (secondary N) is 1. The van der Waals surface area contributed by atoms with Crippen LogP contribution in [0.15, 0.2) is 48.5 Å². The molecule has 0 aliphatic carbocycles. The number of anilines is 2. The molecule has 3 rings (SSSR count). The first-order valence-electron chi connectivity index (χ1n) is 9.06. The number of para-hydroxylation sites is 1. The highest BCUT2D eigenvalue weighted by atomic mass is 16.6. The molecule has 0 aromatic heterocycles. The van der Waals surface area contributed by atoms with Crippen LogP contribution in [-0.2, 0) is 9.53 Å². The summed E-state index contributed by atoms with van der Waals surface area (Å²) in [6, 6.07) is 13.0. The summed E-state index contributed by atoms with van der Waals surface area (Å²) in [5.74, 6) is -1.02. The average molecular weight is 383 g/mol. The predicted molar refractivity (Wildman–Crippen MR) is 104 cm³/mol. The fourth-order valence-corrected chi connectivity index (χ4v) is 3.07. The molecule has 146 valence electrons. The van der Waals surface area contributed by atoms with Crippen molar-refractivity contribution in [2.24, 2.45) is 0 Å². The van der Waals surface area contributed by atoms with E-state index in [9.17, 15) is 19.7 Å². The monoisotopic (exact) mass is 383 g/mol. The number of benzene rings is 2. The molecule has 1 atom stereocenters. The Labute approximate surface area is 162 Å². The summed E-state index contributed by atoms with van der Waals surface area (Å²) in [6.45, 7) is 2.83. The number of rotatable bonds is 6. The Hall–Kier alpha value is -3.42. The maximum Gasteiger partial charge on any atom is 0.339 e. The number of carbonyl (C=O) groups excluding carboxylic acids is 2. The lowest BCUT2D eigenvalue weighted by molar-refractivity contribution is -0.383. The van der Waals surface area contributed by atoms with E-state index in [0.717, 1.165) is 18.9 Å². The third kappa shape index (κ3) is 4.46. The van der Waals surface area contributed by atoms with Crippen molar-refractivity contribution in [1.82, 2.24) is 4.90 Å². The van der Waals surface area contributed by atoms with Crippen LogP contribution in [-0.4, -0.2) is 40.9 Å². The van der Waals surface area contributed by atoms with Gasteiger partial charge in [-0.1, -0.05) is 18.2 Å². The maximum atomic E-state index is 12.4. The van der Waals surface area contributed by atoms with E-state index in [-0.39, 0.29) is 22.8 Å². The van der Waals surface area contributed by atoms with Crippen LogP contribution >= 0.6 is 0 Å². The van der Waals surface area contributed by atoms with Crippen LogP contribution in [0.5, 0.6) is 0 Å². The quantitative estimate of drug-likeness (QED) is 0.465. The van der Waals surface area contributed by atoms with Gasteiger partial charge in [0.15, 0.2) is 6.10 Å². The van der Waals surface area contributed by atoms with Crippen LogP contribution < -0.4 is 5.32 Å². The third-order valence-electron chi connectivity index (χ3n) is 4.53. The largest absolute Gasteiger partial charge is 0.449 e. The molecule has 1 heterocycles. The second-order valence-corrected chi connectivity index (χ2v) is 6.56. The molecule has 1 amide bonds. The van der Waals surface area contributed by atoms with Crippen molar-refractivity contribution in [2.75, 3.05) is 18.4 Å². The maximum absolute atomic E-state index is 12.4. The second-order valence-electron chi connectivity index (χ2n) is 6.56. The van der Waals surface area contributed by atoms with Gasteiger partial charge in [-0.2, -0.15) is 0 Å². The number of amides is 1. The number of hydrogen-bond donors (Lipinski definition) is 1. The summed E-state index contributed by atoms with van der Waals surface area (Å²) >= 11 is 0. The Morgan fingerprint density at radius 3 is 2.46 bits per heavy atom. The van der Waals surface area contributed by atoms with E-state index < -0.39 is 17.0 Å². The zero-order valence-electron chi connectivity index (χ0n) is 15.5. The summed E-state index contributed by atoms with van der Waals surface area (Å²) in [7, 11) is 0. The van der Waals surface area contributed by atoms with E-state index in [2.05, 4.69) is 5.32 Å². The first-order chi connectivity index (χ1) is 13.5. The van der Waals surface area contributed by atoms with Crippen LogP contribution in [0.4, 0.5) is 17.1 Å². The number of esters is 1. The van der Waals surface area contributed by atoms with Crippen LogP contribution in [0.3, 0.4) is 0 Å². The van der Waals surface area contributed by atoms with Gasteiger partial charge in [0.05, 0.1) is 10.5 Å². The molecule has 0 bridgehead atoms. The first-order valence-corrected chi connectivity index (χ1v) is 9.06. The smallest absolute Gasteiger partial charge is 0.339 e. The van der Waals surface area contributed by atoms with E-state index in [1.165, 1.54) is 19.1 Å². The van der Waals surface area contributed by atoms with Gasteiger partial charge in [-0.15, -0.1) is 0 Å². The minimum atomic E-state index is -0.938. The lowest BCUT2D eigenvalue weighted by Crippen LogP contribution is -2.38. The molecule has 0 radical (unpaired) electrons. The third-order valence-corrected chi connectivity index (χ3v) is 4.53. The Morgan fingerprint density at radius 2 is 1.82 bits per heavy atom. The standard InChI is InChI=1S/C20H21N3O5/c1-14(19(24)22-11-5-6-12-22)28-20(25)15-9-10-17(18(13-15)23(26)27)21-16-7-3-2-4-8-16/h2-4,7-10,13-14,21H,5-6,11-12H2,1H3/t14-/m0/s1. The van der Waals surface area contributed by atoms with Crippen LogP contribution in [0, 0.1) is 10.1 Å². The minimum absolute atomic E-state index is 0.0198. The number of nitro benzene ring substituents is 1. The van der Waals surface area contributed by atoms with Gasteiger partial charge in [0.2, 0.25) is 0 Å². The zero-order valence-corrected chi connectivity index (χ0v) is 15.5. The van der Waals surface area contributed by atoms with Gasteiger partial charge in [0.1, 0.15) is 5.69 Å². The molecule has 8 heteroatoms. The SMILES string of the molecule is C[C@H](OC(=O)c1ccc(Nc2ccccc2)c([N+](=O)[O-])c1)C(=O)N1CCCC1. The fraction of sp³-hybridized carbons (Fsp3) is 0.300. The van der Waals surface area contributed by atoms with Crippen molar-refractivity contribution in [3.05, 3.63) is 64.2 Å². The van der Waals surface area contributed by atoms with Crippen LogP contribution in [0.25, 0.3) is 0 Å². The molecule has 1 aliphatic rings. The molecular formula is C20H21N3O5. The Balaban J connectivity index is 1.74. The number of likely N-dealkylation sites (tertiary alicyclic amines) is 1. The molecule has 2 aromatic rings. The van der Waals surface area contributed by atoms with Crippen molar-refractivity contribution in [1.29, 1.82) is 0 Å². The molecule has 1 fully saturated rings.